The highest BCUT2D eigenvalue weighted by Crippen LogP contribution is 2.32. The molecule has 1 aliphatic carbocycles. The third-order valence-electron chi connectivity index (χ3n) is 3.17. The largest absolute Gasteiger partial charge is 0.481 e. The molecular weight excluding hydrogens is 250 g/mol. The second-order valence-electron chi connectivity index (χ2n) is 4.41. The minimum absolute atomic E-state index is 0.437. The molecule has 7 nitrogen and oxygen atoms in total. The van der Waals surface area contributed by atoms with E-state index in [1.54, 1.807) is 12.1 Å². The zero-order chi connectivity index (χ0) is 13.9. The number of carbonyl (C=O) groups is 2. The summed E-state index contributed by atoms with van der Waals surface area (Å²) >= 11 is 0. The van der Waals surface area contributed by atoms with Crippen molar-refractivity contribution in [3.8, 4) is 5.88 Å². The van der Waals surface area contributed by atoms with Crippen LogP contribution in [0.4, 0.5) is 10.5 Å². The fourth-order valence-corrected chi connectivity index (χ4v) is 1.88. The van der Waals surface area contributed by atoms with Gasteiger partial charge in [-0.25, -0.2) is 14.6 Å². The number of rotatable bonds is 4. The Balaban J connectivity index is 1.95. The van der Waals surface area contributed by atoms with Crippen molar-refractivity contribution in [2.75, 3.05) is 12.4 Å². The fourth-order valence-electron chi connectivity index (χ4n) is 1.88. The molecule has 0 saturated heterocycles. The van der Waals surface area contributed by atoms with Crippen LogP contribution in [0, 0.1) is 0 Å². The van der Waals surface area contributed by atoms with Crippen LogP contribution >= 0.6 is 0 Å². The molecule has 7 heteroatoms. The average Bonchev–Trinajstić information content (AvgIpc) is 2.34. The maximum atomic E-state index is 11.7. The molecule has 0 bridgehead atoms. The van der Waals surface area contributed by atoms with Gasteiger partial charge in [0.1, 0.15) is 5.54 Å². The molecule has 0 radical (unpaired) electrons. The molecule has 1 aliphatic rings. The van der Waals surface area contributed by atoms with Crippen LogP contribution in [0.3, 0.4) is 0 Å². The van der Waals surface area contributed by atoms with E-state index in [-0.39, 0.29) is 0 Å². The lowest BCUT2D eigenvalue weighted by molar-refractivity contribution is -0.148. The normalized spacial score (nSPS) is 16.1. The molecule has 2 amide bonds. The van der Waals surface area contributed by atoms with Gasteiger partial charge in [-0.3, -0.25) is 0 Å². The standard InChI is InChI=1S/C12H15N3O4/c1-19-9-4-3-8(7-13-9)14-11(18)15-12(10(16)17)5-2-6-12/h3-4,7H,2,5-6H2,1H3,(H,16,17)(H2,14,15,18). The van der Waals surface area contributed by atoms with Crippen LogP contribution < -0.4 is 15.4 Å². The molecule has 0 aromatic carbocycles. The van der Waals surface area contributed by atoms with Crippen molar-refractivity contribution in [1.29, 1.82) is 0 Å². The molecule has 1 saturated carbocycles. The van der Waals surface area contributed by atoms with Gasteiger partial charge < -0.3 is 20.5 Å². The zero-order valence-electron chi connectivity index (χ0n) is 10.5. The van der Waals surface area contributed by atoms with E-state index in [9.17, 15) is 9.59 Å². The van der Waals surface area contributed by atoms with Gasteiger partial charge in [-0.05, 0) is 25.3 Å². The monoisotopic (exact) mass is 265 g/mol. The minimum atomic E-state index is -1.12. The molecule has 19 heavy (non-hydrogen) atoms. The molecule has 0 spiro atoms. The van der Waals surface area contributed by atoms with Crippen molar-refractivity contribution in [3.05, 3.63) is 18.3 Å². The van der Waals surface area contributed by atoms with Crippen LogP contribution in [-0.2, 0) is 4.79 Å². The Morgan fingerprint density at radius 2 is 2.16 bits per heavy atom. The van der Waals surface area contributed by atoms with Crippen LogP contribution in [0.25, 0.3) is 0 Å². The summed E-state index contributed by atoms with van der Waals surface area (Å²) in [5.41, 5.74) is -0.651. The number of nitrogens with one attached hydrogen (secondary N) is 2. The van der Waals surface area contributed by atoms with Crippen molar-refractivity contribution in [2.24, 2.45) is 0 Å². The number of aliphatic carboxylic acids is 1. The van der Waals surface area contributed by atoms with Gasteiger partial charge in [-0.1, -0.05) is 0 Å². The topological polar surface area (TPSA) is 101 Å². The summed E-state index contributed by atoms with van der Waals surface area (Å²) in [7, 11) is 1.50. The Labute approximate surface area is 110 Å². The summed E-state index contributed by atoms with van der Waals surface area (Å²) < 4.78 is 4.90. The molecule has 3 N–H and O–H groups in total. The Bertz CT molecular complexity index is 482. The van der Waals surface area contributed by atoms with Crippen molar-refractivity contribution in [3.63, 3.8) is 0 Å². The number of aromatic nitrogens is 1. The van der Waals surface area contributed by atoms with Gasteiger partial charge in [0.05, 0.1) is 19.0 Å². The van der Waals surface area contributed by atoms with Gasteiger partial charge in [-0.15, -0.1) is 0 Å². The predicted molar refractivity (Wildman–Crippen MR) is 67.2 cm³/mol. The molecule has 1 heterocycles. The average molecular weight is 265 g/mol. The lowest BCUT2D eigenvalue weighted by Crippen LogP contribution is -2.60. The number of amides is 2. The summed E-state index contributed by atoms with van der Waals surface area (Å²) in [4.78, 5) is 26.8. The second kappa shape index (κ2) is 5.13. The summed E-state index contributed by atoms with van der Waals surface area (Å²) in [5, 5.41) is 14.1. The number of nitrogens with zero attached hydrogens (tertiary/aromatic N) is 1. The molecule has 1 aromatic heterocycles. The highest BCUT2D eigenvalue weighted by Gasteiger charge is 2.45. The van der Waals surface area contributed by atoms with Crippen LogP contribution in [-0.4, -0.2) is 34.7 Å². The van der Waals surface area contributed by atoms with Gasteiger partial charge >= 0.3 is 12.0 Å². The smallest absolute Gasteiger partial charge is 0.329 e. The van der Waals surface area contributed by atoms with Crippen molar-refractivity contribution < 1.29 is 19.4 Å². The van der Waals surface area contributed by atoms with E-state index < -0.39 is 17.5 Å². The van der Waals surface area contributed by atoms with Gasteiger partial charge in [-0.2, -0.15) is 0 Å². The number of hydrogen-bond donors (Lipinski definition) is 3. The van der Waals surface area contributed by atoms with Gasteiger partial charge in [0.25, 0.3) is 0 Å². The van der Waals surface area contributed by atoms with Gasteiger partial charge in [0.2, 0.25) is 5.88 Å². The predicted octanol–water partition coefficient (Wildman–Crippen LogP) is 1.22. The van der Waals surface area contributed by atoms with Crippen molar-refractivity contribution >= 4 is 17.7 Å². The summed E-state index contributed by atoms with van der Waals surface area (Å²) in [5.74, 6) is -0.561. The quantitative estimate of drug-likeness (QED) is 0.760. The van der Waals surface area contributed by atoms with Gasteiger partial charge in [0, 0.05) is 6.07 Å². The molecule has 1 aromatic rings. The number of carboxylic acid groups (broad SMARTS) is 1. The molecule has 2 rings (SSSR count). The van der Waals surface area contributed by atoms with E-state index in [0.29, 0.717) is 24.4 Å². The summed E-state index contributed by atoms with van der Waals surface area (Å²) in [6.45, 7) is 0. The number of methoxy groups -OCH3 is 1. The first-order chi connectivity index (χ1) is 9.05. The van der Waals surface area contributed by atoms with Crippen LogP contribution in [0.1, 0.15) is 19.3 Å². The van der Waals surface area contributed by atoms with Gasteiger partial charge in [0.15, 0.2) is 0 Å². The molecule has 0 unspecified atom stereocenters. The van der Waals surface area contributed by atoms with Crippen LogP contribution in [0.15, 0.2) is 18.3 Å². The highest BCUT2D eigenvalue weighted by atomic mass is 16.5. The SMILES string of the molecule is COc1ccc(NC(=O)NC2(C(=O)O)CCC2)cn1. The summed E-state index contributed by atoms with van der Waals surface area (Å²) in [6.07, 6.45) is 3.15. The lowest BCUT2D eigenvalue weighted by atomic mass is 9.77. The molecule has 1 fully saturated rings. The third-order valence-corrected chi connectivity index (χ3v) is 3.17. The molecule has 0 aliphatic heterocycles. The Kier molecular flexibility index (Phi) is 3.55. The summed E-state index contributed by atoms with van der Waals surface area (Å²) in [6, 6.07) is 2.68. The first-order valence-electron chi connectivity index (χ1n) is 5.88. The number of carboxylic acids is 1. The van der Waals surface area contributed by atoms with E-state index in [1.165, 1.54) is 13.3 Å². The zero-order valence-corrected chi connectivity index (χ0v) is 10.5. The first-order valence-corrected chi connectivity index (χ1v) is 5.88. The molecule has 102 valence electrons. The first kappa shape index (κ1) is 13.1. The van der Waals surface area contributed by atoms with E-state index >= 15 is 0 Å². The van der Waals surface area contributed by atoms with E-state index in [2.05, 4.69) is 15.6 Å². The number of urea groups is 1. The van der Waals surface area contributed by atoms with E-state index in [1.807, 2.05) is 0 Å². The number of pyridine rings is 1. The van der Waals surface area contributed by atoms with Crippen LogP contribution in [0.5, 0.6) is 5.88 Å². The van der Waals surface area contributed by atoms with E-state index in [4.69, 9.17) is 9.84 Å². The van der Waals surface area contributed by atoms with E-state index in [0.717, 1.165) is 6.42 Å². The molecule has 0 atom stereocenters. The number of hydrogen-bond acceptors (Lipinski definition) is 4. The van der Waals surface area contributed by atoms with Crippen molar-refractivity contribution in [1.82, 2.24) is 10.3 Å². The highest BCUT2D eigenvalue weighted by molar-refractivity contribution is 5.94. The van der Waals surface area contributed by atoms with Crippen molar-refractivity contribution in [2.45, 2.75) is 24.8 Å². The maximum Gasteiger partial charge on any atom is 0.329 e. The lowest BCUT2D eigenvalue weighted by Gasteiger charge is -2.38. The second-order valence-corrected chi connectivity index (χ2v) is 4.41. The Morgan fingerprint density at radius 3 is 2.58 bits per heavy atom. The number of ether oxygens (including phenoxy) is 1. The van der Waals surface area contributed by atoms with Crippen LogP contribution in [0.2, 0.25) is 0 Å². The third kappa shape index (κ3) is 2.75. The maximum absolute atomic E-state index is 11.7. The fraction of sp³-hybridized carbons (Fsp3) is 0.417. The Hall–Kier alpha value is -2.31. The number of carbonyl (C=O) groups excluding carboxylic acids is 1. The minimum Gasteiger partial charge on any atom is -0.481 e. The Morgan fingerprint density at radius 1 is 1.42 bits per heavy atom. The molecular formula is C12H15N3O4. The number of anilines is 1.